The number of hydrogen-bond acceptors (Lipinski definition) is 6. The molecule has 0 bridgehead atoms. The number of hydrogen-bond donors (Lipinski definition) is 1. The molecule has 0 saturated heterocycles. The summed E-state index contributed by atoms with van der Waals surface area (Å²) in [6.45, 7) is 1.63. The van der Waals surface area contributed by atoms with Crippen LogP contribution in [0.2, 0.25) is 5.02 Å². The van der Waals surface area contributed by atoms with E-state index in [0.717, 1.165) is 29.7 Å². The summed E-state index contributed by atoms with van der Waals surface area (Å²) >= 11 is 6.85. The Labute approximate surface area is 172 Å². The van der Waals surface area contributed by atoms with Gasteiger partial charge in [-0.3, -0.25) is 10.1 Å². The third-order valence-corrected chi connectivity index (χ3v) is 4.84. The molecule has 0 saturated carbocycles. The molecule has 0 fully saturated rings. The van der Waals surface area contributed by atoms with Crippen molar-refractivity contribution >= 4 is 34.2 Å². The molecular formula is C18H11ClF2N6OS. The van der Waals surface area contributed by atoms with Crippen LogP contribution in [0, 0.1) is 18.6 Å². The van der Waals surface area contributed by atoms with Crippen molar-refractivity contribution in [2.75, 3.05) is 5.32 Å². The van der Waals surface area contributed by atoms with Gasteiger partial charge in [-0.05, 0) is 37.3 Å². The molecule has 2 heterocycles. The first-order valence-electron chi connectivity index (χ1n) is 8.21. The Bertz CT molecular complexity index is 1220. The maximum absolute atomic E-state index is 14.0. The Hall–Kier alpha value is -3.24. The molecule has 0 atom stereocenters. The highest BCUT2D eigenvalue weighted by Crippen LogP contribution is 2.25. The molecule has 2 aromatic carbocycles. The monoisotopic (exact) mass is 432 g/mol. The van der Waals surface area contributed by atoms with Crippen molar-refractivity contribution in [1.29, 1.82) is 0 Å². The number of rotatable bonds is 4. The van der Waals surface area contributed by atoms with Crippen LogP contribution in [0.5, 0.6) is 0 Å². The summed E-state index contributed by atoms with van der Waals surface area (Å²) in [6, 6.07) is 9.52. The van der Waals surface area contributed by atoms with E-state index in [2.05, 4.69) is 25.0 Å². The average Bonchev–Trinajstić information content (AvgIpc) is 3.30. The van der Waals surface area contributed by atoms with Crippen LogP contribution in [-0.4, -0.2) is 30.3 Å². The van der Waals surface area contributed by atoms with Gasteiger partial charge in [-0.25, -0.2) is 13.5 Å². The van der Waals surface area contributed by atoms with E-state index in [-0.39, 0.29) is 22.3 Å². The van der Waals surface area contributed by atoms with Crippen LogP contribution in [0.4, 0.5) is 13.9 Å². The Kier molecular flexibility index (Phi) is 5.03. The SMILES string of the molecule is Cc1c(-c2nsc(NC(=O)c3cccc(Cl)c3)n2)nnn1-c1cc(F)ccc1F. The average molecular weight is 433 g/mol. The highest BCUT2D eigenvalue weighted by molar-refractivity contribution is 7.10. The topological polar surface area (TPSA) is 85.6 Å². The number of anilines is 1. The molecule has 0 aliphatic carbocycles. The first-order valence-corrected chi connectivity index (χ1v) is 9.36. The largest absolute Gasteiger partial charge is 0.297 e. The summed E-state index contributed by atoms with van der Waals surface area (Å²) in [5, 5.41) is 11.2. The summed E-state index contributed by atoms with van der Waals surface area (Å²) < 4.78 is 32.9. The molecule has 4 aromatic rings. The fourth-order valence-electron chi connectivity index (χ4n) is 2.58. The first-order chi connectivity index (χ1) is 13.9. The molecule has 4 rings (SSSR count). The molecule has 0 radical (unpaired) electrons. The third-order valence-electron chi connectivity index (χ3n) is 3.98. The van der Waals surface area contributed by atoms with Crippen molar-refractivity contribution in [3.63, 3.8) is 0 Å². The molecule has 0 spiro atoms. The summed E-state index contributed by atoms with van der Waals surface area (Å²) in [5.74, 6) is -1.43. The van der Waals surface area contributed by atoms with Crippen molar-refractivity contribution in [2.45, 2.75) is 6.92 Å². The van der Waals surface area contributed by atoms with E-state index in [1.165, 1.54) is 10.7 Å². The minimum absolute atomic E-state index is 0.0778. The van der Waals surface area contributed by atoms with E-state index in [1.807, 2.05) is 0 Å². The quantitative estimate of drug-likeness (QED) is 0.520. The smallest absolute Gasteiger partial charge is 0.257 e. The van der Waals surface area contributed by atoms with Gasteiger partial charge in [-0.1, -0.05) is 22.9 Å². The predicted molar refractivity (Wildman–Crippen MR) is 104 cm³/mol. The van der Waals surface area contributed by atoms with E-state index in [1.54, 1.807) is 25.1 Å². The van der Waals surface area contributed by atoms with Crippen molar-refractivity contribution in [3.8, 4) is 17.2 Å². The van der Waals surface area contributed by atoms with Gasteiger partial charge >= 0.3 is 0 Å². The van der Waals surface area contributed by atoms with Crippen LogP contribution in [0.25, 0.3) is 17.2 Å². The second-order valence-corrected chi connectivity index (χ2v) is 7.11. The van der Waals surface area contributed by atoms with E-state index in [9.17, 15) is 13.6 Å². The zero-order chi connectivity index (χ0) is 20.5. The maximum atomic E-state index is 14.0. The van der Waals surface area contributed by atoms with Crippen molar-refractivity contribution < 1.29 is 13.6 Å². The van der Waals surface area contributed by atoms with Crippen molar-refractivity contribution in [2.24, 2.45) is 0 Å². The van der Waals surface area contributed by atoms with Crippen molar-refractivity contribution in [1.82, 2.24) is 24.4 Å². The highest BCUT2D eigenvalue weighted by atomic mass is 35.5. The Morgan fingerprint density at radius 2 is 2.03 bits per heavy atom. The van der Waals surface area contributed by atoms with Crippen LogP contribution in [0.1, 0.15) is 16.1 Å². The minimum atomic E-state index is -0.647. The van der Waals surface area contributed by atoms with Gasteiger partial charge in [0.05, 0.1) is 5.69 Å². The third kappa shape index (κ3) is 3.84. The molecule has 146 valence electrons. The molecular weight excluding hydrogens is 422 g/mol. The van der Waals surface area contributed by atoms with Crippen LogP contribution in [0.3, 0.4) is 0 Å². The molecule has 0 aliphatic heterocycles. The number of carbonyl (C=O) groups excluding carboxylic acids is 1. The fraction of sp³-hybridized carbons (Fsp3) is 0.0556. The van der Waals surface area contributed by atoms with E-state index < -0.39 is 17.5 Å². The highest BCUT2D eigenvalue weighted by Gasteiger charge is 2.19. The minimum Gasteiger partial charge on any atom is -0.297 e. The molecule has 7 nitrogen and oxygen atoms in total. The summed E-state index contributed by atoms with van der Waals surface area (Å²) in [5.41, 5.74) is 0.997. The summed E-state index contributed by atoms with van der Waals surface area (Å²) in [7, 11) is 0. The lowest BCUT2D eigenvalue weighted by Crippen LogP contribution is -2.11. The number of aromatic nitrogens is 5. The van der Waals surface area contributed by atoms with Crippen LogP contribution in [-0.2, 0) is 0 Å². The summed E-state index contributed by atoms with van der Waals surface area (Å²) in [6.07, 6.45) is 0. The van der Waals surface area contributed by atoms with Gasteiger partial charge in [-0.15, -0.1) is 5.10 Å². The Balaban J connectivity index is 1.60. The van der Waals surface area contributed by atoms with Gasteiger partial charge in [-0.2, -0.15) is 9.36 Å². The van der Waals surface area contributed by atoms with E-state index >= 15 is 0 Å². The molecule has 1 amide bonds. The van der Waals surface area contributed by atoms with Crippen LogP contribution >= 0.6 is 23.1 Å². The second-order valence-electron chi connectivity index (χ2n) is 5.92. The van der Waals surface area contributed by atoms with Gasteiger partial charge in [0.1, 0.15) is 17.3 Å². The zero-order valence-electron chi connectivity index (χ0n) is 14.7. The maximum Gasteiger partial charge on any atom is 0.257 e. The Morgan fingerprint density at radius 3 is 2.83 bits per heavy atom. The normalized spacial score (nSPS) is 10.9. The zero-order valence-corrected chi connectivity index (χ0v) is 16.3. The Morgan fingerprint density at radius 1 is 1.21 bits per heavy atom. The number of nitrogens with one attached hydrogen (secondary N) is 1. The van der Waals surface area contributed by atoms with E-state index in [0.29, 0.717) is 16.3 Å². The molecule has 0 unspecified atom stereocenters. The lowest BCUT2D eigenvalue weighted by atomic mass is 10.2. The molecule has 2 aromatic heterocycles. The summed E-state index contributed by atoms with van der Waals surface area (Å²) in [4.78, 5) is 16.5. The van der Waals surface area contributed by atoms with Crippen molar-refractivity contribution in [3.05, 3.63) is 70.4 Å². The second kappa shape index (κ2) is 7.64. The molecule has 29 heavy (non-hydrogen) atoms. The van der Waals surface area contributed by atoms with Gasteiger partial charge in [0.25, 0.3) is 5.91 Å². The number of amides is 1. The fourth-order valence-corrected chi connectivity index (χ4v) is 3.34. The van der Waals surface area contributed by atoms with Gasteiger partial charge in [0.15, 0.2) is 11.5 Å². The molecule has 0 aliphatic rings. The standard InChI is InChI=1S/C18H11ClF2N6OS/c1-9-15(24-26-27(9)14-8-12(20)5-6-13(14)21)16-22-18(29-25-16)23-17(28)10-3-2-4-11(19)7-10/h2-8H,1H3,(H,22,23,25,28). The predicted octanol–water partition coefficient (Wildman–Crippen LogP) is 4.28. The lowest BCUT2D eigenvalue weighted by Gasteiger charge is -2.04. The number of halogens is 3. The lowest BCUT2D eigenvalue weighted by molar-refractivity contribution is 0.102. The number of carbonyl (C=O) groups is 1. The van der Waals surface area contributed by atoms with Gasteiger partial charge in [0, 0.05) is 28.2 Å². The van der Waals surface area contributed by atoms with Crippen LogP contribution < -0.4 is 5.32 Å². The first kappa shape index (κ1) is 19.1. The number of benzene rings is 2. The van der Waals surface area contributed by atoms with E-state index in [4.69, 9.17) is 11.6 Å². The molecule has 11 heteroatoms. The molecule has 1 N–H and O–H groups in total. The van der Waals surface area contributed by atoms with Gasteiger partial charge in [0.2, 0.25) is 5.13 Å². The number of nitrogens with zero attached hydrogens (tertiary/aromatic N) is 5. The van der Waals surface area contributed by atoms with Crippen LogP contribution in [0.15, 0.2) is 42.5 Å². The van der Waals surface area contributed by atoms with Gasteiger partial charge < -0.3 is 0 Å².